The van der Waals surface area contributed by atoms with Gasteiger partial charge in [0.25, 0.3) is 0 Å². The number of rotatable bonds is 6. The van der Waals surface area contributed by atoms with Gasteiger partial charge in [-0.3, -0.25) is 9.80 Å². The average Bonchev–Trinajstić information content (AvgIpc) is 2.67. The summed E-state index contributed by atoms with van der Waals surface area (Å²) in [5.41, 5.74) is 2.21. The lowest BCUT2D eigenvalue weighted by atomic mass is 9.97. The minimum Gasteiger partial charge on any atom is -0.481 e. The Labute approximate surface area is 157 Å². The fourth-order valence-corrected chi connectivity index (χ4v) is 3.47. The van der Waals surface area contributed by atoms with Crippen molar-refractivity contribution in [1.82, 2.24) is 9.80 Å². The zero-order valence-electron chi connectivity index (χ0n) is 16.1. The van der Waals surface area contributed by atoms with E-state index < -0.39 is 0 Å². The Balaban J connectivity index is 1.86. The van der Waals surface area contributed by atoms with Gasteiger partial charge in [0, 0.05) is 6.42 Å². The standard InChI is InChI=1S/C23H28N2O/c1-24(2)23(25(3)4)17-15-21(16-18-23)26-22(19-11-7-5-8-12-19)20-13-9-6-10-14-20/h5-17,22H,18H2,1-4H3. The summed E-state index contributed by atoms with van der Waals surface area (Å²) in [6.45, 7) is 0. The highest BCUT2D eigenvalue weighted by molar-refractivity contribution is 5.32. The summed E-state index contributed by atoms with van der Waals surface area (Å²) in [7, 11) is 8.45. The van der Waals surface area contributed by atoms with Gasteiger partial charge in [-0.05, 0) is 57.5 Å². The van der Waals surface area contributed by atoms with E-state index in [9.17, 15) is 0 Å². The molecule has 0 heterocycles. The Bertz CT molecular complexity index is 716. The molecule has 2 aromatic rings. The van der Waals surface area contributed by atoms with Crippen molar-refractivity contribution in [3.05, 3.63) is 95.8 Å². The van der Waals surface area contributed by atoms with Crippen LogP contribution in [-0.4, -0.2) is 43.7 Å². The van der Waals surface area contributed by atoms with Crippen molar-refractivity contribution in [1.29, 1.82) is 0 Å². The Hall–Kier alpha value is -2.36. The fraction of sp³-hybridized carbons (Fsp3) is 0.304. The lowest BCUT2D eigenvalue weighted by Crippen LogP contribution is -2.54. The Morgan fingerprint density at radius 1 is 0.808 bits per heavy atom. The van der Waals surface area contributed by atoms with Gasteiger partial charge in [0.05, 0.1) is 5.66 Å². The molecule has 0 saturated heterocycles. The molecule has 0 radical (unpaired) electrons. The third-order valence-corrected chi connectivity index (χ3v) is 5.13. The second-order valence-corrected chi connectivity index (χ2v) is 7.13. The second-order valence-electron chi connectivity index (χ2n) is 7.13. The average molecular weight is 348 g/mol. The molecule has 3 heteroatoms. The molecule has 1 aliphatic rings. The van der Waals surface area contributed by atoms with Crippen LogP contribution in [0.5, 0.6) is 0 Å². The van der Waals surface area contributed by atoms with E-state index in [0.29, 0.717) is 0 Å². The van der Waals surface area contributed by atoms with Gasteiger partial charge in [-0.2, -0.15) is 0 Å². The zero-order chi connectivity index (χ0) is 18.6. The first-order chi connectivity index (χ1) is 12.5. The number of ether oxygens (including phenoxy) is 1. The maximum atomic E-state index is 6.45. The first kappa shape index (κ1) is 18.4. The van der Waals surface area contributed by atoms with Crippen LogP contribution >= 0.6 is 0 Å². The second kappa shape index (κ2) is 7.90. The van der Waals surface area contributed by atoms with Gasteiger partial charge in [0.1, 0.15) is 11.9 Å². The maximum absolute atomic E-state index is 6.45. The Kier molecular flexibility index (Phi) is 5.60. The van der Waals surface area contributed by atoms with Crippen LogP contribution in [-0.2, 0) is 4.74 Å². The number of allylic oxidation sites excluding steroid dienone is 1. The van der Waals surface area contributed by atoms with E-state index in [0.717, 1.165) is 23.3 Å². The van der Waals surface area contributed by atoms with Crippen molar-refractivity contribution in [2.24, 2.45) is 0 Å². The summed E-state index contributed by atoms with van der Waals surface area (Å²) in [5, 5.41) is 0. The first-order valence-electron chi connectivity index (χ1n) is 9.04. The van der Waals surface area contributed by atoms with Crippen LogP contribution < -0.4 is 0 Å². The SMILES string of the molecule is CN(C)C1(N(C)C)C=CC(OC(c2ccccc2)c2ccccc2)=CC1. The molecule has 3 nitrogen and oxygen atoms in total. The van der Waals surface area contributed by atoms with Crippen molar-refractivity contribution >= 4 is 0 Å². The Morgan fingerprint density at radius 2 is 1.31 bits per heavy atom. The zero-order valence-corrected chi connectivity index (χ0v) is 16.1. The van der Waals surface area contributed by atoms with Gasteiger partial charge in [-0.25, -0.2) is 0 Å². The van der Waals surface area contributed by atoms with Crippen LogP contribution in [0.4, 0.5) is 0 Å². The molecule has 2 aromatic carbocycles. The molecular weight excluding hydrogens is 320 g/mol. The largest absolute Gasteiger partial charge is 0.481 e. The van der Waals surface area contributed by atoms with E-state index in [1.165, 1.54) is 0 Å². The van der Waals surface area contributed by atoms with Gasteiger partial charge in [0.15, 0.2) is 0 Å². The predicted molar refractivity (Wildman–Crippen MR) is 108 cm³/mol. The van der Waals surface area contributed by atoms with E-state index in [-0.39, 0.29) is 11.8 Å². The molecule has 0 N–H and O–H groups in total. The lowest BCUT2D eigenvalue weighted by molar-refractivity contribution is 0.0478. The Morgan fingerprint density at radius 3 is 1.69 bits per heavy atom. The molecule has 136 valence electrons. The number of benzene rings is 2. The van der Waals surface area contributed by atoms with Crippen molar-refractivity contribution in [2.45, 2.75) is 18.2 Å². The molecule has 0 spiro atoms. The predicted octanol–water partition coefficient (Wildman–Crippen LogP) is 4.46. The third kappa shape index (κ3) is 3.74. The molecule has 3 rings (SSSR count). The molecule has 1 aliphatic carbocycles. The highest BCUT2D eigenvalue weighted by atomic mass is 16.5. The molecule has 0 unspecified atom stereocenters. The van der Waals surface area contributed by atoms with Gasteiger partial charge >= 0.3 is 0 Å². The minimum absolute atomic E-state index is 0.109. The molecule has 26 heavy (non-hydrogen) atoms. The van der Waals surface area contributed by atoms with Gasteiger partial charge in [-0.15, -0.1) is 0 Å². The monoisotopic (exact) mass is 348 g/mol. The minimum atomic E-state index is -0.112. The van der Waals surface area contributed by atoms with Crippen LogP contribution in [0.2, 0.25) is 0 Å². The number of hydrogen-bond acceptors (Lipinski definition) is 3. The number of hydrogen-bond donors (Lipinski definition) is 0. The molecule has 0 atom stereocenters. The highest BCUT2D eigenvalue weighted by Crippen LogP contribution is 2.33. The van der Waals surface area contributed by atoms with Gasteiger partial charge < -0.3 is 4.74 Å². The number of likely N-dealkylation sites (N-methyl/N-ethyl adjacent to an activating group) is 2. The van der Waals surface area contributed by atoms with E-state index in [2.05, 4.69) is 105 Å². The molecule has 0 aliphatic heterocycles. The van der Waals surface area contributed by atoms with Crippen molar-refractivity contribution in [3.8, 4) is 0 Å². The van der Waals surface area contributed by atoms with Crippen LogP contribution in [0, 0.1) is 0 Å². The normalized spacial score (nSPS) is 16.2. The molecule has 0 amide bonds. The third-order valence-electron chi connectivity index (χ3n) is 5.13. The maximum Gasteiger partial charge on any atom is 0.149 e. The van der Waals surface area contributed by atoms with Crippen LogP contribution in [0.25, 0.3) is 0 Å². The van der Waals surface area contributed by atoms with Crippen molar-refractivity contribution in [3.63, 3.8) is 0 Å². The van der Waals surface area contributed by atoms with E-state index in [4.69, 9.17) is 4.74 Å². The smallest absolute Gasteiger partial charge is 0.149 e. The first-order valence-corrected chi connectivity index (χ1v) is 9.04. The van der Waals surface area contributed by atoms with E-state index in [1.807, 2.05) is 12.1 Å². The summed E-state index contributed by atoms with van der Waals surface area (Å²) in [4.78, 5) is 4.48. The van der Waals surface area contributed by atoms with Crippen LogP contribution in [0.1, 0.15) is 23.7 Å². The van der Waals surface area contributed by atoms with Crippen LogP contribution in [0.3, 0.4) is 0 Å². The summed E-state index contributed by atoms with van der Waals surface area (Å²) < 4.78 is 6.45. The van der Waals surface area contributed by atoms with Crippen molar-refractivity contribution < 1.29 is 4.74 Å². The molecule has 0 saturated carbocycles. The molecule has 0 bridgehead atoms. The summed E-state index contributed by atoms with van der Waals surface area (Å²) in [6.07, 6.45) is 7.30. The fourth-order valence-electron chi connectivity index (χ4n) is 3.47. The van der Waals surface area contributed by atoms with Gasteiger partial charge in [0.2, 0.25) is 0 Å². The summed E-state index contributed by atoms with van der Waals surface area (Å²) in [5.74, 6) is 0.919. The quantitative estimate of drug-likeness (QED) is 0.717. The van der Waals surface area contributed by atoms with Crippen molar-refractivity contribution in [2.75, 3.05) is 28.2 Å². The molecule has 0 aromatic heterocycles. The summed E-state index contributed by atoms with van der Waals surface area (Å²) in [6, 6.07) is 20.8. The number of nitrogens with zero attached hydrogens (tertiary/aromatic N) is 2. The van der Waals surface area contributed by atoms with Crippen LogP contribution in [0.15, 0.2) is 84.7 Å². The van der Waals surface area contributed by atoms with E-state index >= 15 is 0 Å². The molecular formula is C23H28N2O. The molecule has 0 fully saturated rings. The lowest BCUT2D eigenvalue weighted by Gasteiger charge is -2.44. The highest BCUT2D eigenvalue weighted by Gasteiger charge is 2.33. The van der Waals surface area contributed by atoms with E-state index in [1.54, 1.807) is 0 Å². The summed E-state index contributed by atoms with van der Waals surface area (Å²) >= 11 is 0. The van der Waals surface area contributed by atoms with Gasteiger partial charge in [-0.1, -0.05) is 60.7 Å². The topological polar surface area (TPSA) is 15.7 Å².